The van der Waals surface area contributed by atoms with Crippen molar-refractivity contribution < 1.29 is 15.1 Å². The highest BCUT2D eigenvalue weighted by Gasteiger charge is 2.21. The fourth-order valence-corrected chi connectivity index (χ4v) is 1.93. The van der Waals surface area contributed by atoms with Gasteiger partial charge in [0.25, 0.3) is 11.4 Å². The van der Waals surface area contributed by atoms with E-state index in [2.05, 4.69) is 5.16 Å². The van der Waals surface area contributed by atoms with E-state index in [-0.39, 0.29) is 16.9 Å². The van der Waals surface area contributed by atoms with Crippen molar-refractivity contribution in [3.63, 3.8) is 0 Å². The van der Waals surface area contributed by atoms with Crippen LogP contribution in [0.5, 0.6) is 0 Å². The van der Waals surface area contributed by atoms with Crippen LogP contribution >= 0.6 is 0 Å². The number of non-ortho nitro benzene ring substituents is 1. The topological polar surface area (TPSA) is 119 Å². The summed E-state index contributed by atoms with van der Waals surface area (Å²) in [7, 11) is 0. The lowest BCUT2D eigenvalue weighted by Gasteiger charge is -2.06. The highest BCUT2D eigenvalue weighted by Crippen LogP contribution is 2.34. The minimum absolute atomic E-state index is 0.209. The summed E-state index contributed by atoms with van der Waals surface area (Å²) in [6, 6.07) is 9.95. The lowest BCUT2D eigenvalue weighted by molar-refractivity contribution is -0.393. The standard InChI is InChI=1S/C13H9N3O5/c17-14-8-9-3-1-2-4-11(9)12-6-5-10(15(18)19)7-13(12)16(20)21/h1-8,17H. The van der Waals surface area contributed by atoms with Crippen LogP contribution < -0.4 is 0 Å². The Kier molecular flexibility index (Phi) is 3.89. The zero-order valence-electron chi connectivity index (χ0n) is 10.5. The molecule has 2 aromatic rings. The summed E-state index contributed by atoms with van der Waals surface area (Å²) in [5, 5.41) is 33.4. The molecule has 0 aliphatic carbocycles. The van der Waals surface area contributed by atoms with Gasteiger partial charge in [-0.2, -0.15) is 0 Å². The fraction of sp³-hybridized carbons (Fsp3) is 0. The van der Waals surface area contributed by atoms with Crippen molar-refractivity contribution in [2.45, 2.75) is 0 Å². The second-order valence-electron chi connectivity index (χ2n) is 4.05. The molecule has 0 bridgehead atoms. The highest BCUT2D eigenvalue weighted by molar-refractivity contribution is 5.92. The van der Waals surface area contributed by atoms with Gasteiger partial charge in [-0.15, -0.1) is 0 Å². The van der Waals surface area contributed by atoms with E-state index in [1.165, 1.54) is 12.1 Å². The molecule has 0 spiro atoms. The van der Waals surface area contributed by atoms with Gasteiger partial charge in [0.15, 0.2) is 0 Å². The number of nitrogens with zero attached hydrogens (tertiary/aromatic N) is 3. The van der Waals surface area contributed by atoms with Crippen LogP contribution in [0.3, 0.4) is 0 Å². The van der Waals surface area contributed by atoms with Gasteiger partial charge < -0.3 is 5.21 Å². The molecule has 8 heteroatoms. The molecule has 0 aliphatic heterocycles. The first kappa shape index (κ1) is 14.1. The number of hydrogen-bond acceptors (Lipinski definition) is 6. The van der Waals surface area contributed by atoms with E-state index < -0.39 is 9.85 Å². The molecule has 2 aromatic carbocycles. The molecule has 0 heterocycles. The second kappa shape index (κ2) is 5.78. The van der Waals surface area contributed by atoms with Crippen LogP contribution in [0.2, 0.25) is 0 Å². The van der Waals surface area contributed by atoms with Crippen LogP contribution in [-0.4, -0.2) is 21.3 Å². The van der Waals surface area contributed by atoms with Gasteiger partial charge in [0.2, 0.25) is 0 Å². The van der Waals surface area contributed by atoms with Crippen molar-refractivity contribution in [2.75, 3.05) is 0 Å². The monoisotopic (exact) mass is 287 g/mol. The van der Waals surface area contributed by atoms with Gasteiger partial charge in [-0.25, -0.2) is 0 Å². The van der Waals surface area contributed by atoms with Gasteiger partial charge in [0, 0.05) is 11.6 Å². The summed E-state index contributed by atoms with van der Waals surface area (Å²) >= 11 is 0. The van der Waals surface area contributed by atoms with E-state index in [1.807, 2.05) is 0 Å². The first-order valence-corrected chi connectivity index (χ1v) is 5.74. The number of hydrogen-bond donors (Lipinski definition) is 1. The van der Waals surface area contributed by atoms with E-state index in [9.17, 15) is 20.2 Å². The van der Waals surface area contributed by atoms with Crippen LogP contribution in [0.25, 0.3) is 11.1 Å². The highest BCUT2D eigenvalue weighted by atomic mass is 16.6. The molecule has 21 heavy (non-hydrogen) atoms. The molecule has 0 saturated heterocycles. The minimum atomic E-state index is -0.697. The number of benzene rings is 2. The zero-order valence-corrected chi connectivity index (χ0v) is 10.5. The van der Waals surface area contributed by atoms with Gasteiger partial charge >= 0.3 is 0 Å². The summed E-state index contributed by atoms with van der Waals surface area (Å²) < 4.78 is 0. The van der Waals surface area contributed by atoms with E-state index in [1.54, 1.807) is 24.3 Å². The van der Waals surface area contributed by atoms with E-state index in [4.69, 9.17) is 5.21 Å². The summed E-state index contributed by atoms with van der Waals surface area (Å²) in [6.07, 6.45) is 1.14. The lowest BCUT2D eigenvalue weighted by atomic mass is 9.98. The maximum Gasteiger partial charge on any atom is 0.284 e. The molecule has 0 amide bonds. The van der Waals surface area contributed by atoms with Crippen LogP contribution in [-0.2, 0) is 0 Å². The number of oxime groups is 1. The van der Waals surface area contributed by atoms with E-state index in [0.717, 1.165) is 12.3 Å². The van der Waals surface area contributed by atoms with Crippen LogP contribution in [0.15, 0.2) is 47.6 Å². The van der Waals surface area contributed by atoms with Crippen molar-refractivity contribution in [1.29, 1.82) is 0 Å². The fourth-order valence-electron chi connectivity index (χ4n) is 1.93. The van der Waals surface area contributed by atoms with Crippen LogP contribution in [0.1, 0.15) is 5.56 Å². The number of nitro groups is 2. The lowest BCUT2D eigenvalue weighted by Crippen LogP contribution is -1.97. The molecule has 0 radical (unpaired) electrons. The van der Waals surface area contributed by atoms with Gasteiger partial charge in [0.1, 0.15) is 0 Å². The first-order chi connectivity index (χ1) is 10.0. The minimum Gasteiger partial charge on any atom is -0.411 e. The maximum absolute atomic E-state index is 11.1. The zero-order chi connectivity index (χ0) is 15.4. The Balaban J connectivity index is 2.69. The summed E-state index contributed by atoms with van der Waals surface area (Å²) in [4.78, 5) is 20.5. The van der Waals surface area contributed by atoms with Gasteiger partial charge in [0.05, 0.1) is 27.7 Å². The molecule has 106 valence electrons. The molecule has 8 nitrogen and oxygen atoms in total. The Morgan fingerprint density at radius 3 is 2.33 bits per heavy atom. The van der Waals surface area contributed by atoms with Crippen LogP contribution in [0.4, 0.5) is 11.4 Å². The smallest absolute Gasteiger partial charge is 0.284 e. The molecular weight excluding hydrogens is 278 g/mol. The normalized spacial score (nSPS) is 10.7. The quantitative estimate of drug-likeness (QED) is 0.401. The second-order valence-corrected chi connectivity index (χ2v) is 4.05. The Bertz CT molecular complexity index is 742. The molecule has 1 N–H and O–H groups in total. The first-order valence-electron chi connectivity index (χ1n) is 5.74. The van der Waals surface area contributed by atoms with E-state index in [0.29, 0.717) is 11.1 Å². The Morgan fingerprint density at radius 2 is 1.71 bits per heavy atom. The third-order valence-electron chi connectivity index (χ3n) is 2.84. The average molecular weight is 287 g/mol. The number of nitro benzene ring substituents is 2. The SMILES string of the molecule is O=[N+]([O-])c1ccc(-c2ccccc2C=NO)c([N+](=O)[O-])c1. The van der Waals surface area contributed by atoms with Gasteiger partial charge in [-0.3, -0.25) is 20.2 Å². The average Bonchev–Trinajstić information content (AvgIpc) is 2.47. The maximum atomic E-state index is 11.1. The molecule has 0 saturated carbocycles. The predicted molar refractivity (Wildman–Crippen MR) is 74.6 cm³/mol. The Labute approximate surface area is 118 Å². The van der Waals surface area contributed by atoms with E-state index >= 15 is 0 Å². The molecule has 0 aromatic heterocycles. The van der Waals surface area contributed by atoms with Gasteiger partial charge in [-0.1, -0.05) is 29.4 Å². The van der Waals surface area contributed by atoms with Crippen molar-refractivity contribution in [3.05, 3.63) is 68.3 Å². The molecule has 0 atom stereocenters. The third-order valence-corrected chi connectivity index (χ3v) is 2.84. The van der Waals surface area contributed by atoms with Crippen molar-refractivity contribution >= 4 is 17.6 Å². The summed E-state index contributed by atoms with van der Waals surface area (Å²) in [5.74, 6) is 0. The van der Waals surface area contributed by atoms with Crippen molar-refractivity contribution in [3.8, 4) is 11.1 Å². The Hall–Kier alpha value is -3.29. The Morgan fingerprint density at radius 1 is 1.00 bits per heavy atom. The third kappa shape index (κ3) is 2.84. The molecule has 2 rings (SSSR count). The predicted octanol–water partition coefficient (Wildman–Crippen LogP) is 2.98. The van der Waals surface area contributed by atoms with Crippen molar-refractivity contribution in [2.24, 2.45) is 5.16 Å². The molecule has 0 fully saturated rings. The van der Waals surface area contributed by atoms with Crippen LogP contribution in [0, 0.1) is 20.2 Å². The van der Waals surface area contributed by atoms with Gasteiger partial charge in [-0.05, 0) is 11.6 Å². The summed E-state index contributed by atoms with van der Waals surface area (Å²) in [6.45, 7) is 0. The summed E-state index contributed by atoms with van der Waals surface area (Å²) in [5.41, 5.74) is 0.358. The molecule has 0 unspecified atom stereocenters. The largest absolute Gasteiger partial charge is 0.411 e. The van der Waals surface area contributed by atoms with Crippen molar-refractivity contribution in [1.82, 2.24) is 0 Å². The molecule has 0 aliphatic rings. The number of rotatable bonds is 4. The molecular formula is C13H9N3O5.